The Balaban J connectivity index is 2.15. The Morgan fingerprint density at radius 1 is 1.38 bits per heavy atom. The van der Waals surface area contributed by atoms with E-state index >= 15 is 0 Å². The molecule has 0 aliphatic heterocycles. The van der Waals surface area contributed by atoms with Crippen LogP contribution in [0, 0.1) is 40.4 Å². The van der Waals surface area contributed by atoms with Crippen LogP contribution in [0.4, 0.5) is 0 Å². The summed E-state index contributed by atoms with van der Waals surface area (Å²) >= 11 is 0. The van der Waals surface area contributed by atoms with Gasteiger partial charge in [0.05, 0.1) is 6.07 Å². The largest absolute Gasteiger partial charge is 0.198 e. The molecule has 0 spiro atoms. The van der Waals surface area contributed by atoms with Crippen molar-refractivity contribution in [1.29, 1.82) is 5.26 Å². The average Bonchev–Trinajstić information content (AvgIpc) is 2.57. The molecule has 3 unspecified atom stereocenters. The molecule has 1 heteroatoms. The summed E-state index contributed by atoms with van der Waals surface area (Å²) in [5.74, 6) is 3.26. The van der Waals surface area contributed by atoms with Crippen molar-refractivity contribution in [2.24, 2.45) is 29.1 Å². The van der Waals surface area contributed by atoms with Crippen molar-refractivity contribution in [3.63, 3.8) is 0 Å². The van der Waals surface area contributed by atoms with Gasteiger partial charge in [-0.15, -0.1) is 0 Å². The van der Waals surface area contributed by atoms with Crippen molar-refractivity contribution in [3.8, 4) is 6.07 Å². The van der Waals surface area contributed by atoms with Crippen LogP contribution in [0.3, 0.4) is 0 Å². The van der Waals surface area contributed by atoms with E-state index in [-0.39, 0.29) is 0 Å². The van der Waals surface area contributed by atoms with E-state index in [0.717, 1.165) is 24.2 Å². The quantitative estimate of drug-likeness (QED) is 0.675. The van der Waals surface area contributed by atoms with E-state index in [9.17, 15) is 0 Å². The molecule has 2 fully saturated rings. The van der Waals surface area contributed by atoms with Crippen LogP contribution < -0.4 is 0 Å². The molecule has 0 bridgehead atoms. The second-order valence-electron chi connectivity index (χ2n) is 6.51. The molecule has 0 aromatic carbocycles. The Hall–Kier alpha value is -0.510. The number of rotatable bonds is 2. The molecular formula is C15H25N. The molecule has 5 atom stereocenters. The number of hydrogen-bond donors (Lipinski definition) is 0. The van der Waals surface area contributed by atoms with Gasteiger partial charge in [0.1, 0.15) is 0 Å². The fourth-order valence-electron chi connectivity index (χ4n) is 4.83. The maximum absolute atomic E-state index is 8.88. The normalized spacial score (nSPS) is 44.8. The Bertz CT molecular complexity index is 290. The van der Waals surface area contributed by atoms with Gasteiger partial charge in [-0.3, -0.25) is 0 Å². The van der Waals surface area contributed by atoms with Crippen LogP contribution in [0.25, 0.3) is 0 Å². The molecule has 90 valence electrons. The third kappa shape index (κ3) is 1.77. The van der Waals surface area contributed by atoms with E-state index in [1.54, 1.807) is 0 Å². The van der Waals surface area contributed by atoms with Gasteiger partial charge in [0.15, 0.2) is 0 Å². The molecule has 0 aromatic heterocycles. The van der Waals surface area contributed by atoms with Gasteiger partial charge in [0.2, 0.25) is 0 Å². The second-order valence-corrected chi connectivity index (χ2v) is 6.51. The van der Waals surface area contributed by atoms with Gasteiger partial charge in [-0.2, -0.15) is 5.26 Å². The van der Waals surface area contributed by atoms with Crippen LogP contribution in [-0.4, -0.2) is 0 Å². The third-order valence-electron chi connectivity index (χ3n) is 5.64. The molecule has 0 heterocycles. The zero-order valence-electron chi connectivity index (χ0n) is 11.0. The maximum atomic E-state index is 8.88. The Labute approximate surface area is 100 Å². The predicted octanol–water partition coefficient (Wildman–Crippen LogP) is 4.39. The van der Waals surface area contributed by atoms with Crippen LogP contribution in [0.2, 0.25) is 0 Å². The topological polar surface area (TPSA) is 23.8 Å². The minimum atomic E-state index is 0.550. The highest BCUT2D eigenvalue weighted by atomic mass is 14.6. The second kappa shape index (κ2) is 4.40. The molecular weight excluding hydrogens is 194 g/mol. The zero-order valence-corrected chi connectivity index (χ0v) is 11.0. The molecule has 16 heavy (non-hydrogen) atoms. The smallest absolute Gasteiger partial charge is 0.0624 e. The summed E-state index contributed by atoms with van der Waals surface area (Å²) in [4.78, 5) is 0. The van der Waals surface area contributed by atoms with Gasteiger partial charge in [-0.25, -0.2) is 0 Å². The van der Waals surface area contributed by atoms with E-state index in [0.29, 0.717) is 11.3 Å². The summed E-state index contributed by atoms with van der Waals surface area (Å²) in [6.07, 6.45) is 7.78. The molecule has 0 N–H and O–H groups in total. The summed E-state index contributed by atoms with van der Waals surface area (Å²) in [7, 11) is 0. The van der Waals surface area contributed by atoms with E-state index in [1.807, 2.05) is 0 Å². The van der Waals surface area contributed by atoms with Crippen molar-refractivity contribution in [1.82, 2.24) is 0 Å². The summed E-state index contributed by atoms with van der Waals surface area (Å²) in [5, 5.41) is 8.88. The SMILES string of the molecule is CC(CC#N)C1CCC2[C@@H](C)CCC[C@]12C. The van der Waals surface area contributed by atoms with Crippen LogP contribution in [0.15, 0.2) is 0 Å². The lowest BCUT2D eigenvalue weighted by Gasteiger charge is -2.45. The molecule has 0 radical (unpaired) electrons. The Kier molecular flexibility index (Phi) is 3.29. The predicted molar refractivity (Wildman–Crippen MR) is 66.7 cm³/mol. The minimum Gasteiger partial charge on any atom is -0.198 e. The standard InChI is InChI=1S/C15H25N/c1-11-5-4-9-15(3)13(11)6-7-14(15)12(2)8-10-16/h11-14H,4-9H2,1-3H3/t11-,12?,13?,14?,15-/m0/s1. The summed E-state index contributed by atoms with van der Waals surface area (Å²) in [5.41, 5.74) is 0.550. The third-order valence-corrected chi connectivity index (χ3v) is 5.64. The van der Waals surface area contributed by atoms with Gasteiger partial charge in [0, 0.05) is 6.42 Å². The zero-order chi connectivity index (χ0) is 11.8. The minimum absolute atomic E-state index is 0.550. The van der Waals surface area contributed by atoms with Gasteiger partial charge >= 0.3 is 0 Å². The summed E-state index contributed by atoms with van der Waals surface area (Å²) in [6.45, 7) is 7.25. The van der Waals surface area contributed by atoms with Crippen molar-refractivity contribution in [3.05, 3.63) is 0 Å². The van der Waals surface area contributed by atoms with Crippen LogP contribution >= 0.6 is 0 Å². The van der Waals surface area contributed by atoms with Crippen LogP contribution in [-0.2, 0) is 0 Å². The number of nitrogens with zero attached hydrogens (tertiary/aromatic N) is 1. The van der Waals surface area contributed by atoms with Gasteiger partial charge in [-0.05, 0) is 48.3 Å². The van der Waals surface area contributed by atoms with Crippen LogP contribution in [0.1, 0.15) is 59.3 Å². The summed E-state index contributed by atoms with van der Waals surface area (Å²) < 4.78 is 0. The Morgan fingerprint density at radius 3 is 2.81 bits per heavy atom. The van der Waals surface area contributed by atoms with E-state index in [4.69, 9.17) is 5.26 Å². The van der Waals surface area contributed by atoms with Crippen molar-refractivity contribution in [2.45, 2.75) is 59.3 Å². The molecule has 2 aliphatic rings. The average molecular weight is 219 g/mol. The first-order valence-corrected chi connectivity index (χ1v) is 6.96. The molecule has 2 rings (SSSR count). The highest BCUT2D eigenvalue weighted by Gasteiger charge is 2.51. The maximum Gasteiger partial charge on any atom is 0.0624 e. The monoisotopic (exact) mass is 219 g/mol. The van der Waals surface area contributed by atoms with Crippen LogP contribution in [0.5, 0.6) is 0 Å². The first kappa shape index (κ1) is 12.0. The first-order chi connectivity index (χ1) is 7.59. The molecule has 2 aliphatic carbocycles. The van der Waals surface area contributed by atoms with E-state index in [2.05, 4.69) is 26.8 Å². The molecule has 0 amide bonds. The van der Waals surface area contributed by atoms with Crippen molar-refractivity contribution in [2.75, 3.05) is 0 Å². The fourth-order valence-corrected chi connectivity index (χ4v) is 4.83. The number of nitriles is 1. The van der Waals surface area contributed by atoms with E-state index < -0.39 is 0 Å². The Morgan fingerprint density at radius 2 is 2.12 bits per heavy atom. The molecule has 0 aromatic rings. The van der Waals surface area contributed by atoms with Crippen molar-refractivity contribution >= 4 is 0 Å². The molecule has 2 saturated carbocycles. The number of fused-ring (bicyclic) bond motifs is 1. The molecule has 1 nitrogen and oxygen atoms in total. The van der Waals surface area contributed by atoms with Gasteiger partial charge in [-0.1, -0.05) is 33.6 Å². The fraction of sp³-hybridized carbons (Fsp3) is 0.933. The lowest BCUT2D eigenvalue weighted by Crippen LogP contribution is -2.38. The lowest BCUT2D eigenvalue weighted by molar-refractivity contribution is 0.0378. The first-order valence-electron chi connectivity index (χ1n) is 6.96. The number of hydrogen-bond acceptors (Lipinski definition) is 1. The summed E-state index contributed by atoms with van der Waals surface area (Å²) in [6, 6.07) is 2.37. The van der Waals surface area contributed by atoms with Gasteiger partial charge in [0.25, 0.3) is 0 Å². The van der Waals surface area contributed by atoms with Crippen molar-refractivity contribution < 1.29 is 0 Å². The van der Waals surface area contributed by atoms with Gasteiger partial charge < -0.3 is 0 Å². The molecule has 0 saturated heterocycles. The lowest BCUT2D eigenvalue weighted by atomic mass is 9.59. The van der Waals surface area contributed by atoms with E-state index in [1.165, 1.54) is 32.1 Å². The highest BCUT2D eigenvalue weighted by molar-refractivity contribution is 5.01. The highest BCUT2D eigenvalue weighted by Crippen LogP contribution is 2.59.